The summed E-state index contributed by atoms with van der Waals surface area (Å²) in [6, 6.07) is 2.99. The quantitative estimate of drug-likeness (QED) is 0.669. The van der Waals surface area contributed by atoms with Crippen molar-refractivity contribution in [2.75, 3.05) is 0 Å². The molecule has 0 aliphatic carbocycles. The molecule has 0 aromatic rings. The fourth-order valence-corrected chi connectivity index (χ4v) is 17.9. The molecule has 2 aliphatic heterocycles. The zero-order valence-electron chi connectivity index (χ0n) is 14.0. The van der Waals surface area contributed by atoms with Gasteiger partial charge < -0.3 is 8.99 Å². The molecule has 0 saturated carbocycles. The molecule has 2 heterocycles. The van der Waals surface area contributed by atoms with E-state index in [1.807, 2.05) is 0 Å². The predicted molar refractivity (Wildman–Crippen MR) is 88.3 cm³/mol. The van der Waals surface area contributed by atoms with Crippen LogP contribution >= 0.6 is 0 Å². The molecule has 0 aromatic carbocycles. The first-order chi connectivity index (χ1) is 8.59. The summed E-state index contributed by atoms with van der Waals surface area (Å²) in [7, 11) is -3.01. The third-order valence-electron chi connectivity index (χ3n) is 5.81. The third-order valence-corrected chi connectivity index (χ3v) is 22.3. The Morgan fingerprint density at radius 2 is 1.58 bits per heavy atom. The van der Waals surface area contributed by atoms with Gasteiger partial charge in [0.15, 0.2) is 7.83 Å². The molecule has 2 aliphatic rings. The normalized spacial score (nSPS) is 43.1. The summed E-state index contributed by atoms with van der Waals surface area (Å²) in [5, 5.41) is 0. The minimum absolute atomic E-state index is 0.116. The van der Waals surface area contributed by atoms with Gasteiger partial charge in [0.1, 0.15) is 7.75 Å². The van der Waals surface area contributed by atoms with Gasteiger partial charge in [0, 0.05) is 12.1 Å². The van der Waals surface area contributed by atoms with E-state index in [2.05, 4.69) is 51.9 Å². The van der Waals surface area contributed by atoms with Crippen LogP contribution in [0.2, 0.25) is 25.7 Å². The Labute approximate surface area is 121 Å². The van der Waals surface area contributed by atoms with E-state index in [0.717, 1.165) is 12.1 Å². The summed E-state index contributed by atoms with van der Waals surface area (Å²) in [5.41, 5.74) is 0.116. The lowest BCUT2D eigenvalue weighted by Crippen LogP contribution is -2.76. The molecular weight excluding hydrogens is 266 g/mol. The molecule has 19 heavy (non-hydrogen) atoms. The largest absolute Gasteiger partial charge is 0.414 e. The monoisotopic (exact) mass is 299 g/mol. The Morgan fingerprint density at radius 1 is 1.05 bits per heavy atom. The molecule has 112 valence electrons. The first-order valence-electron chi connectivity index (χ1n) is 8.08. The van der Waals surface area contributed by atoms with Crippen molar-refractivity contribution in [2.24, 2.45) is 0 Å². The van der Waals surface area contributed by atoms with E-state index < -0.39 is 15.6 Å². The van der Waals surface area contributed by atoms with Crippen molar-refractivity contribution in [2.45, 2.75) is 96.7 Å². The Kier molecular flexibility index (Phi) is 4.12. The van der Waals surface area contributed by atoms with Crippen LogP contribution in [0.15, 0.2) is 0 Å². The number of piperidine rings is 1. The molecule has 4 heteroatoms. The van der Waals surface area contributed by atoms with Crippen molar-refractivity contribution in [1.29, 1.82) is 0 Å². The molecule has 0 radical (unpaired) electrons. The van der Waals surface area contributed by atoms with Crippen LogP contribution in [-0.4, -0.2) is 37.8 Å². The number of nitrogens with zero attached hydrogens (tertiary/aromatic N) is 1. The Hall–Kier alpha value is 0.354. The molecular formula is C15H33NOSi2. The molecule has 0 aromatic heterocycles. The maximum Gasteiger partial charge on any atom is 0.192 e. The van der Waals surface area contributed by atoms with Crippen LogP contribution in [0.4, 0.5) is 0 Å². The smallest absolute Gasteiger partial charge is 0.192 e. The molecule has 2 fully saturated rings. The lowest BCUT2D eigenvalue weighted by Gasteiger charge is -2.59. The van der Waals surface area contributed by atoms with E-state index in [0.29, 0.717) is 0 Å². The third kappa shape index (κ3) is 2.74. The van der Waals surface area contributed by atoms with Crippen LogP contribution in [0.3, 0.4) is 0 Å². The summed E-state index contributed by atoms with van der Waals surface area (Å²) in [6.45, 7) is 17.1. The van der Waals surface area contributed by atoms with Gasteiger partial charge >= 0.3 is 0 Å². The van der Waals surface area contributed by atoms with Crippen LogP contribution < -0.4 is 0 Å². The summed E-state index contributed by atoms with van der Waals surface area (Å²) < 4.78 is 9.66. The summed E-state index contributed by atoms with van der Waals surface area (Å²) in [5.74, 6) is 0. The highest BCUT2D eigenvalue weighted by atomic mass is 29.3. The zero-order chi connectivity index (χ0) is 14.5. The highest BCUT2D eigenvalue weighted by Crippen LogP contribution is 2.43. The van der Waals surface area contributed by atoms with Crippen LogP contribution in [0.25, 0.3) is 0 Å². The van der Waals surface area contributed by atoms with Crippen LogP contribution in [0, 0.1) is 0 Å². The number of hydrogen-bond donors (Lipinski definition) is 0. The Morgan fingerprint density at radius 3 is 2.05 bits per heavy atom. The van der Waals surface area contributed by atoms with Crippen molar-refractivity contribution in [1.82, 2.24) is 4.57 Å². The predicted octanol–water partition coefficient (Wildman–Crippen LogP) is 4.31. The van der Waals surface area contributed by atoms with E-state index >= 15 is 0 Å². The van der Waals surface area contributed by atoms with E-state index in [9.17, 15) is 0 Å². The van der Waals surface area contributed by atoms with Crippen LogP contribution in [0.5, 0.6) is 0 Å². The van der Waals surface area contributed by atoms with Crippen molar-refractivity contribution < 1.29 is 4.43 Å². The van der Waals surface area contributed by atoms with E-state index in [-0.39, 0.29) is 5.60 Å². The summed E-state index contributed by atoms with van der Waals surface area (Å²) in [4.78, 5) is 0. The maximum atomic E-state index is 6.69. The first-order valence-corrected chi connectivity index (χ1v) is 14.6. The van der Waals surface area contributed by atoms with Crippen molar-refractivity contribution in [3.63, 3.8) is 0 Å². The van der Waals surface area contributed by atoms with Crippen molar-refractivity contribution in [3.8, 4) is 0 Å². The van der Waals surface area contributed by atoms with E-state index in [4.69, 9.17) is 4.43 Å². The average molecular weight is 300 g/mol. The van der Waals surface area contributed by atoms with Gasteiger partial charge in [-0.3, -0.25) is 0 Å². The second kappa shape index (κ2) is 4.97. The van der Waals surface area contributed by atoms with Crippen LogP contribution in [0.1, 0.15) is 53.4 Å². The highest BCUT2D eigenvalue weighted by Gasteiger charge is 2.58. The van der Waals surface area contributed by atoms with Crippen molar-refractivity contribution in [3.05, 3.63) is 0 Å². The molecule has 0 bridgehead atoms. The van der Waals surface area contributed by atoms with E-state index in [1.54, 1.807) is 0 Å². The highest BCUT2D eigenvalue weighted by molar-refractivity contribution is 7.37. The van der Waals surface area contributed by atoms with Gasteiger partial charge in [-0.15, -0.1) is 0 Å². The van der Waals surface area contributed by atoms with Crippen molar-refractivity contribution >= 4 is 15.6 Å². The molecule has 2 rings (SSSR count). The van der Waals surface area contributed by atoms with Gasteiger partial charge in [0.25, 0.3) is 0 Å². The minimum Gasteiger partial charge on any atom is -0.414 e. The molecule has 0 amide bonds. The summed E-state index contributed by atoms with van der Waals surface area (Å²) in [6.07, 6.45) is 5.45. The van der Waals surface area contributed by atoms with E-state index in [1.165, 1.54) is 31.7 Å². The van der Waals surface area contributed by atoms with Gasteiger partial charge in [0.2, 0.25) is 0 Å². The average Bonchev–Trinajstić information content (AvgIpc) is 2.23. The number of hydrogen-bond acceptors (Lipinski definition) is 2. The molecule has 2 saturated heterocycles. The Bertz CT molecular complexity index is 335. The topological polar surface area (TPSA) is 12.5 Å². The van der Waals surface area contributed by atoms with Gasteiger partial charge in [-0.2, -0.15) is 0 Å². The molecule has 3 unspecified atom stereocenters. The van der Waals surface area contributed by atoms with Gasteiger partial charge in [-0.1, -0.05) is 26.8 Å². The fraction of sp³-hybridized carbons (Fsp3) is 1.00. The molecule has 2 nitrogen and oxygen atoms in total. The zero-order valence-corrected chi connectivity index (χ0v) is 16.0. The Balaban J connectivity index is 2.30. The second-order valence-corrected chi connectivity index (χ2v) is 21.8. The molecule has 0 spiro atoms. The SMILES string of the molecule is CC1CCCC(C)N1[Si]1(C)CCC(C)(C)O[Si]1(C)C. The second-order valence-electron chi connectivity index (χ2n) is 8.18. The van der Waals surface area contributed by atoms with Gasteiger partial charge in [-0.25, -0.2) is 0 Å². The molecule has 0 N–H and O–H groups in total. The minimum atomic E-state index is -1.59. The van der Waals surface area contributed by atoms with Gasteiger partial charge in [0.05, 0.1) is 5.60 Å². The lowest BCUT2D eigenvalue weighted by atomic mass is 10.0. The van der Waals surface area contributed by atoms with Gasteiger partial charge in [-0.05, 0) is 52.2 Å². The van der Waals surface area contributed by atoms with Crippen LogP contribution in [-0.2, 0) is 4.43 Å². The lowest BCUT2D eigenvalue weighted by molar-refractivity contribution is 0.0850. The number of rotatable bonds is 1. The summed E-state index contributed by atoms with van der Waals surface area (Å²) >= 11 is 0. The fourth-order valence-electron chi connectivity index (χ4n) is 4.53. The first kappa shape index (κ1) is 15.7. The molecule has 3 atom stereocenters. The maximum absolute atomic E-state index is 6.69. The standard InChI is InChI=1S/C15H33NOSi2/c1-13-9-8-10-14(2)16(13)19(7)12-11-15(3,4)17-18(19,5)6/h13-14H,8-12H2,1-7H3.